The number of rotatable bonds is 31. The van der Waals surface area contributed by atoms with E-state index in [9.17, 15) is 28.8 Å². The maximum atomic E-state index is 10.7. The van der Waals surface area contributed by atoms with Gasteiger partial charge >= 0.3 is 35.8 Å². The molecule has 0 saturated heterocycles. The molecular formula is C70H82O18. The van der Waals surface area contributed by atoms with E-state index in [2.05, 4.69) is 32.9 Å². The van der Waals surface area contributed by atoms with Crippen molar-refractivity contribution in [2.24, 2.45) is 5.92 Å². The van der Waals surface area contributed by atoms with Gasteiger partial charge < -0.3 is 59.1 Å². The van der Waals surface area contributed by atoms with Gasteiger partial charge in [0.2, 0.25) is 0 Å². The van der Waals surface area contributed by atoms with E-state index >= 15 is 0 Å². The number of carboxylic acids is 6. The molecule has 470 valence electrons. The highest BCUT2D eigenvalue weighted by atomic mass is 16.5. The molecule has 0 aliphatic heterocycles. The second-order valence-corrected chi connectivity index (χ2v) is 19.3. The van der Waals surface area contributed by atoms with Gasteiger partial charge in [0.1, 0.15) is 5.75 Å². The van der Waals surface area contributed by atoms with Gasteiger partial charge in [0.15, 0.2) is 0 Å². The molecule has 0 fully saturated rings. The lowest BCUT2D eigenvalue weighted by Crippen LogP contribution is -2.05. The molecule has 0 aliphatic carbocycles. The standard InChI is InChI=1S/4C12H14O3.C11H14O3.C11H12O3/c1-9(2)7-15-8-10-3-5-11(6-4-10)12(13)14;1-3-9(2)15-8-10-4-6-11(7-5-10)12(13)14;1-2-3-8-15-9-10-4-6-11(7-5-10)12(13)14;1-2-3-7-15-9-10-5-4-6-11(8-10)12(13)14;1-8(2)7-14-10-5-3-4-9(6-10)11(12)13;1-2-7-14-8-9-3-5-10(6-4-9)11(12)13/h3-6H,1,7-8H2,2H3,(H,13,14);3-7,9H,1,8H2,2H3,(H,13,14);2,4-7H,1,3,8-9H2,(H,13,14);2,4-6,8H,1,3,7,9H2,(H,13,14);3-6,8H,7H2,1-2H3,(H,12,13);2-6H,1,7-8H2,(H,12,13). The summed E-state index contributed by atoms with van der Waals surface area (Å²) in [5.74, 6) is -4.45. The predicted octanol–water partition coefficient (Wildman–Crippen LogP) is 14.4. The Balaban J connectivity index is 0.000000528. The molecule has 1 unspecified atom stereocenters. The summed E-state index contributed by atoms with van der Waals surface area (Å²) in [6, 6.07) is 39.8. The minimum atomic E-state index is -0.931. The average Bonchev–Trinajstić information content (AvgIpc) is 3.59. The number of hydrogen-bond acceptors (Lipinski definition) is 12. The fraction of sp³-hybridized carbons (Fsp3) is 0.257. The highest BCUT2D eigenvalue weighted by Gasteiger charge is 2.08. The number of aromatic carboxylic acids is 6. The quantitative estimate of drug-likeness (QED) is 0.0174. The van der Waals surface area contributed by atoms with Crippen LogP contribution in [0.5, 0.6) is 5.75 Å². The van der Waals surface area contributed by atoms with Crippen molar-refractivity contribution in [3.05, 3.63) is 270 Å². The zero-order chi connectivity index (χ0) is 65.7. The normalized spacial score (nSPS) is 10.3. The van der Waals surface area contributed by atoms with E-state index in [1.807, 2.05) is 33.8 Å². The Hall–Kier alpha value is -9.56. The summed E-state index contributed by atoms with van der Waals surface area (Å²) >= 11 is 0. The van der Waals surface area contributed by atoms with Gasteiger partial charge in [-0.3, -0.25) is 0 Å². The molecule has 18 nitrogen and oxygen atoms in total. The molecule has 0 saturated carbocycles. The van der Waals surface area contributed by atoms with Crippen LogP contribution in [0.2, 0.25) is 0 Å². The summed E-state index contributed by atoms with van der Waals surface area (Å²) < 4.78 is 32.0. The smallest absolute Gasteiger partial charge is 0.335 e. The third-order valence-electron chi connectivity index (χ3n) is 11.1. The molecule has 0 bridgehead atoms. The van der Waals surface area contributed by atoms with Gasteiger partial charge in [0.25, 0.3) is 0 Å². The van der Waals surface area contributed by atoms with Crippen molar-refractivity contribution in [2.45, 2.75) is 79.7 Å². The van der Waals surface area contributed by atoms with E-state index in [0.29, 0.717) is 94.4 Å². The fourth-order valence-corrected chi connectivity index (χ4v) is 6.36. The van der Waals surface area contributed by atoms with Crippen LogP contribution in [0, 0.1) is 5.92 Å². The number of carbonyl (C=O) groups is 6. The van der Waals surface area contributed by atoms with Crippen LogP contribution in [0.4, 0.5) is 0 Å². The molecule has 0 aromatic heterocycles. The molecule has 6 aromatic carbocycles. The van der Waals surface area contributed by atoms with Crippen LogP contribution in [0.3, 0.4) is 0 Å². The Morgan fingerprint density at radius 1 is 0.432 bits per heavy atom. The van der Waals surface area contributed by atoms with Crippen molar-refractivity contribution < 1.29 is 87.8 Å². The third kappa shape index (κ3) is 36.3. The maximum Gasteiger partial charge on any atom is 0.335 e. The van der Waals surface area contributed by atoms with E-state index in [1.54, 1.807) is 158 Å². The number of ether oxygens (including phenoxy) is 6. The molecule has 18 heteroatoms. The van der Waals surface area contributed by atoms with Crippen LogP contribution in [-0.2, 0) is 56.7 Å². The van der Waals surface area contributed by atoms with E-state index in [4.69, 9.17) is 59.1 Å². The van der Waals surface area contributed by atoms with Gasteiger partial charge in [0.05, 0.1) is 106 Å². The highest BCUT2D eigenvalue weighted by Crippen LogP contribution is 2.15. The summed E-state index contributed by atoms with van der Waals surface area (Å²) in [5, 5.41) is 52.2. The van der Waals surface area contributed by atoms with Crippen LogP contribution >= 0.6 is 0 Å². The summed E-state index contributed by atoms with van der Waals surface area (Å²) in [7, 11) is 0. The Bertz CT molecular complexity index is 3070. The SMILES string of the molecule is C=C(C)COCc1ccc(C(=O)O)cc1.C=CC(C)OCc1ccc(C(=O)O)cc1.C=CCCOCc1ccc(C(=O)O)cc1.C=CCCOCc1cccc(C(=O)O)c1.C=CCOCc1ccc(C(=O)O)cc1.CC(C)COc1cccc(C(=O)O)c1. The van der Waals surface area contributed by atoms with Crippen molar-refractivity contribution in [1.82, 2.24) is 0 Å². The third-order valence-corrected chi connectivity index (χ3v) is 11.1. The van der Waals surface area contributed by atoms with Crippen molar-refractivity contribution >= 4 is 35.8 Å². The van der Waals surface area contributed by atoms with Crippen LogP contribution in [0.25, 0.3) is 0 Å². The Morgan fingerprint density at radius 3 is 1.16 bits per heavy atom. The lowest BCUT2D eigenvalue weighted by atomic mass is 10.1. The first-order valence-electron chi connectivity index (χ1n) is 27.6. The Labute approximate surface area is 515 Å². The van der Waals surface area contributed by atoms with E-state index in [0.717, 1.165) is 46.2 Å². The van der Waals surface area contributed by atoms with Crippen molar-refractivity contribution in [3.63, 3.8) is 0 Å². The van der Waals surface area contributed by atoms with Crippen LogP contribution < -0.4 is 4.74 Å². The molecule has 0 aliphatic rings. The maximum absolute atomic E-state index is 10.7. The molecule has 6 N–H and O–H groups in total. The first-order valence-corrected chi connectivity index (χ1v) is 27.6. The first kappa shape index (κ1) is 76.5. The topological polar surface area (TPSA) is 279 Å². The number of hydrogen-bond donors (Lipinski definition) is 6. The second-order valence-electron chi connectivity index (χ2n) is 19.3. The van der Waals surface area contributed by atoms with E-state index < -0.39 is 35.8 Å². The van der Waals surface area contributed by atoms with Crippen LogP contribution in [0.1, 0.15) is 131 Å². The molecule has 6 rings (SSSR count). The highest BCUT2D eigenvalue weighted by molar-refractivity contribution is 5.90. The van der Waals surface area contributed by atoms with Crippen molar-refractivity contribution in [3.8, 4) is 5.75 Å². The summed E-state index contributed by atoms with van der Waals surface area (Å²) in [4.78, 5) is 63.6. The number of carboxylic acid groups (broad SMARTS) is 6. The van der Waals surface area contributed by atoms with Crippen LogP contribution in [-0.4, -0.2) is 106 Å². The van der Waals surface area contributed by atoms with Gasteiger partial charge in [0, 0.05) is 0 Å². The van der Waals surface area contributed by atoms with Crippen molar-refractivity contribution in [1.29, 1.82) is 0 Å². The lowest BCUT2D eigenvalue weighted by Gasteiger charge is -2.08. The van der Waals surface area contributed by atoms with E-state index in [1.165, 1.54) is 6.07 Å². The molecule has 0 radical (unpaired) electrons. The van der Waals surface area contributed by atoms with Gasteiger partial charge in [-0.25, -0.2) is 28.8 Å². The van der Waals surface area contributed by atoms with Crippen molar-refractivity contribution in [2.75, 3.05) is 33.0 Å². The minimum Gasteiger partial charge on any atom is -0.493 e. The summed E-state index contributed by atoms with van der Waals surface area (Å²) in [5.41, 5.74) is 7.40. The van der Waals surface area contributed by atoms with Gasteiger partial charge in [-0.1, -0.05) is 117 Å². The van der Waals surface area contributed by atoms with Gasteiger partial charge in [-0.2, -0.15) is 0 Å². The largest absolute Gasteiger partial charge is 0.493 e. The molecule has 1 atom stereocenters. The zero-order valence-electron chi connectivity index (χ0n) is 50.4. The molecule has 88 heavy (non-hydrogen) atoms. The Morgan fingerprint density at radius 2 is 0.795 bits per heavy atom. The zero-order valence-corrected chi connectivity index (χ0v) is 50.4. The molecule has 6 aromatic rings. The monoisotopic (exact) mass is 1210 g/mol. The molecule has 0 spiro atoms. The Kier molecular flexibility index (Phi) is 39.8. The predicted molar refractivity (Wildman–Crippen MR) is 338 cm³/mol. The average molecular weight is 1210 g/mol. The van der Waals surface area contributed by atoms with Gasteiger partial charge in [-0.15, -0.1) is 26.3 Å². The lowest BCUT2D eigenvalue weighted by molar-refractivity contribution is 0.0685. The second kappa shape index (κ2) is 45.8. The van der Waals surface area contributed by atoms with Gasteiger partial charge in [-0.05, 0) is 139 Å². The summed E-state index contributed by atoms with van der Waals surface area (Å²) in [6.45, 7) is 31.2. The molecule has 0 amide bonds. The fourth-order valence-electron chi connectivity index (χ4n) is 6.36. The van der Waals surface area contributed by atoms with E-state index in [-0.39, 0.29) is 22.8 Å². The first-order chi connectivity index (χ1) is 42.0. The summed E-state index contributed by atoms with van der Waals surface area (Å²) in [6.07, 6.45) is 8.61. The number of benzene rings is 6. The molecule has 0 heterocycles. The van der Waals surface area contributed by atoms with Crippen LogP contribution in [0.15, 0.2) is 208 Å². The minimum absolute atomic E-state index is 0.00384. The molecular weight excluding hydrogens is 1130 g/mol.